The molecule has 90 valence electrons. The number of carbonyl (C=O) groups excluding carboxylic acids is 1. The van der Waals surface area contributed by atoms with Crippen molar-refractivity contribution in [3.63, 3.8) is 0 Å². The Morgan fingerprint density at radius 2 is 2.17 bits per heavy atom. The van der Waals surface area contributed by atoms with Crippen LogP contribution in [0.3, 0.4) is 0 Å². The number of nitriles is 1. The van der Waals surface area contributed by atoms with Gasteiger partial charge < -0.3 is 5.32 Å². The van der Waals surface area contributed by atoms with E-state index in [1.807, 2.05) is 37.3 Å². The van der Waals surface area contributed by atoms with Gasteiger partial charge in [0.15, 0.2) is 0 Å². The van der Waals surface area contributed by atoms with Crippen molar-refractivity contribution in [2.75, 3.05) is 0 Å². The molecule has 1 aromatic heterocycles. The van der Waals surface area contributed by atoms with Crippen molar-refractivity contribution >= 4 is 17.2 Å². The molecule has 2 rings (SSSR count). The molecule has 2 aromatic rings. The van der Waals surface area contributed by atoms with Crippen LogP contribution < -0.4 is 5.32 Å². The van der Waals surface area contributed by atoms with Gasteiger partial charge in [0.05, 0.1) is 11.6 Å². The van der Waals surface area contributed by atoms with Crippen molar-refractivity contribution in [1.29, 1.82) is 5.26 Å². The molecule has 0 aliphatic heterocycles. The average Bonchev–Trinajstić information content (AvgIpc) is 2.83. The minimum Gasteiger partial charge on any atom is -0.331 e. The molecular weight excluding hydrogens is 246 g/mol. The van der Waals surface area contributed by atoms with Crippen molar-refractivity contribution in [2.24, 2.45) is 0 Å². The Balaban J connectivity index is 2.16. The van der Waals surface area contributed by atoms with Crippen molar-refractivity contribution in [3.8, 4) is 6.07 Å². The van der Waals surface area contributed by atoms with Gasteiger partial charge in [-0.3, -0.25) is 4.79 Å². The summed E-state index contributed by atoms with van der Waals surface area (Å²) in [5.74, 6) is -0.316. The summed E-state index contributed by atoms with van der Waals surface area (Å²) < 4.78 is 0. The molecule has 0 fully saturated rings. The van der Waals surface area contributed by atoms with Gasteiger partial charge >= 0.3 is 0 Å². The molecule has 1 unspecified atom stereocenters. The molecular formula is C13H11N3OS. The molecule has 0 saturated carbocycles. The lowest BCUT2D eigenvalue weighted by Gasteiger charge is -2.11. The van der Waals surface area contributed by atoms with E-state index in [2.05, 4.69) is 16.4 Å². The number of hydrogen-bond acceptors (Lipinski definition) is 4. The normalized spacial score (nSPS) is 11.6. The SMILES string of the molecule is Cc1scnc1C(=O)NC(C#N)c1ccccc1. The number of nitrogens with zero attached hydrogens (tertiary/aromatic N) is 2. The molecule has 0 bridgehead atoms. The van der Waals surface area contributed by atoms with Crippen LogP contribution in [0, 0.1) is 18.3 Å². The summed E-state index contributed by atoms with van der Waals surface area (Å²) in [6.45, 7) is 1.83. The highest BCUT2D eigenvalue weighted by atomic mass is 32.1. The van der Waals surface area contributed by atoms with E-state index >= 15 is 0 Å². The third kappa shape index (κ3) is 2.55. The third-order valence-electron chi connectivity index (χ3n) is 2.50. The quantitative estimate of drug-likeness (QED) is 0.918. The molecule has 0 saturated heterocycles. The van der Waals surface area contributed by atoms with E-state index in [0.717, 1.165) is 10.4 Å². The molecule has 18 heavy (non-hydrogen) atoms. The summed E-state index contributed by atoms with van der Waals surface area (Å²) >= 11 is 1.41. The maximum Gasteiger partial charge on any atom is 0.272 e. The molecule has 1 N–H and O–H groups in total. The van der Waals surface area contributed by atoms with Crippen LogP contribution in [0.25, 0.3) is 0 Å². The minimum atomic E-state index is -0.653. The molecule has 1 atom stereocenters. The highest BCUT2D eigenvalue weighted by molar-refractivity contribution is 7.09. The molecule has 1 heterocycles. The standard InChI is InChI=1S/C13H11N3OS/c1-9-12(15-8-18-9)13(17)16-11(7-14)10-5-3-2-4-6-10/h2-6,8,11H,1H3,(H,16,17). The zero-order valence-corrected chi connectivity index (χ0v) is 10.6. The highest BCUT2D eigenvalue weighted by Gasteiger charge is 2.17. The van der Waals surface area contributed by atoms with Gasteiger partial charge in [-0.1, -0.05) is 30.3 Å². The van der Waals surface area contributed by atoms with E-state index in [1.165, 1.54) is 11.3 Å². The van der Waals surface area contributed by atoms with E-state index in [9.17, 15) is 4.79 Å². The van der Waals surface area contributed by atoms with Gasteiger partial charge in [-0.05, 0) is 12.5 Å². The lowest BCUT2D eigenvalue weighted by Crippen LogP contribution is -2.28. The number of carbonyl (C=O) groups is 1. The average molecular weight is 257 g/mol. The van der Waals surface area contributed by atoms with Crippen molar-refractivity contribution < 1.29 is 4.79 Å². The lowest BCUT2D eigenvalue weighted by atomic mass is 10.1. The van der Waals surface area contributed by atoms with E-state index in [4.69, 9.17) is 5.26 Å². The molecule has 0 aliphatic rings. The van der Waals surface area contributed by atoms with Crippen molar-refractivity contribution in [2.45, 2.75) is 13.0 Å². The zero-order chi connectivity index (χ0) is 13.0. The van der Waals surface area contributed by atoms with E-state index in [0.29, 0.717) is 5.69 Å². The monoisotopic (exact) mass is 257 g/mol. The van der Waals surface area contributed by atoms with Gasteiger partial charge in [-0.15, -0.1) is 11.3 Å². The number of thiazole rings is 1. The second kappa shape index (κ2) is 5.43. The second-order valence-corrected chi connectivity index (χ2v) is 4.76. The fourth-order valence-corrected chi connectivity index (χ4v) is 2.13. The lowest BCUT2D eigenvalue weighted by molar-refractivity contribution is 0.0940. The first-order valence-electron chi connectivity index (χ1n) is 5.38. The summed E-state index contributed by atoms with van der Waals surface area (Å²) in [4.78, 5) is 16.8. The summed E-state index contributed by atoms with van der Waals surface area (Å²) in [7, 11) is 0. The first kappa shape index (κ1) is 12.3. The van der Waals surface area contributed by atoms with Crippen LogP contribution in [0.15, 0.2) is 35.8 Å². The Kier molecular flexibility index (Phi) is 3.70. The van der Waals surface area contributed by atoms with E-state index < -0.39 is 6.04 Å². The maximum absolute atomic E-state index is 12.0. The molecule has 0 radical (unpaired) electrons. The molecule has 1 amide bonds. The smallest absolute Gasteiger partial charge is 0.272 e. The minimum absolute atomic E-state index is 0.316. The number of rotatable bonds is 3. The molecule has 0 spiro atoms. The number of aromatic nitrogens is 1. The van der Waals surface area contributed by atoms with Gasteiger partial charge in [0.1, 0.15) is 11.7 Å². The predicted molar refractivity (Wildman–Crippen MR) is 69.1 cm³/mol. The number of amides is 1. The fraction of sp³-hybridized carbons (Fsp3) is 0.154. The summed E-state index contributed by atoms with van der Waals surface area (Å²) in [6, 6.07) is 10.6. The topological polar surface area (TPSA) is 65.8 Å². The summed E-state index contributed by atoms with van der Waals surface area (Å²) in [5.41, 5.74) is 2.77. The number of nitrogens with one attached hydrogen (secondary N) is 1. The number of benzene rings is 1. The van der Waals surface area contributed by atoms with Crippen LogP contribution in [0.2, 0.25) is 0 Å². The van der Waals surface area contributed by atoms with Gasteiger partial charge in [0, 0.05) is 4.88 Å². The Morgan fingerprint density at radius 1 is 1.44 bits per heavy atom. The second-order valence-electron chi connectivity index (χ2n) is 3.70. The Labute approximate surface area is 109 Å². The largest absolute Gasteiger partial charge is 0.331 e. The molecule has 4 nitrogen and oxygen atoms in total. The Morgan fingerprint density at radius 3 is 2.72 bits per heavy atom. The van der Waals surface area contributed by atoms with Crippen LogP contribution in [0.4, 0.5) is 0 Å². The van der Waals surface area contributed by atoms with Gasteiger partial charge in [0.25, 0.3) is 5.91 Å². The fourth-order valence-electron chi connectivity index (χ4n) is 1.56. The summed E-state index contributed by atoms with van der Waals surface area (Å²) in [5, 5.41) is 11.8. The van der Waals surface area contributed by atoms with Crippen LogP contribution in [-0.2, 0) is 0 Å². The van der Waals surface area contributed by atoms with Gasteiger partial charge in [-0.25, -0.2) is 4.98 Å². The van der Waals surface area contributed by atoms with Crippen molar-refractivity contribution in [1.82, 2.24) is 10.3 Å². The Bertz CT molecular complexity index is 586. The van der Waals surface area contributed by atoms with Gasteiger partial charge in [0.2, 0.25) is 0 Å². The zero-order valence-electron chi connectivity index (χ0n) is 9.75. The van der Waals surface area contributed by atoms with Crippen LogP contribution in [0.1, 0.15) is 27.0 Å². The van der Waals surface area contributed by atoms with Crippen LogP contribution in [-0.4, -0.2) is 10.9 Å². The molecule has 5 heteroatoms. The van der Waals surface area contributed by atoms with Crippen LogP contribution in [0.5, 0.6) is 0 Å². The number of hydrogen-bond donors (Lipinski definition) is 1. The van der Waals surface area contributed by atoms with Gasteiger partial charge in [-0.2, -0.15) is 5.26 Å². The highest BCUT2D eigenvalue weighted by Crippen LogP contribution is 2.15. The molecule has 1 aromatic carbocycles. The van der Waals surface area contributed by atoms with Crippen molar-refractivity contribution in [3.05, 3.63) is 52.0 Å². The Hall–Kier alpha value is -2.19. The maximum atomic E-state index is 12.0. The first-order valence-corrected chi connectivity index (χ1v) is 6.26. The number of aryl methyl sites for hydroxylation is 1. The third-order valence-corrected chi connectivity index (χ3v) is 3.25. The van der Waals surface area contributed by atoms with Crippen LogP contribution >= 0.6 is 11.3 Å². The predicted octanol–water partition coefficient (Wildman–Crippen LogP) is 2.45. The first-order chi connectivity index (χ1) is 8.72. The van der Waals surface area contributed by atoms with E-state index in [-0.39, 0.29) is 5.91 Å². The summed E-state index contributed by atoms with van der Waals surface area (Å²) in [6.07, 6.45) is 0. The van der Waals surface area contributed by atoms with E-state index in [1.54, 1.807) is 5.51 Å². The molecule has 0 aliphatic carbocycles.